The van der Waals surface area contributed by atoms with Crippen LogP contribution in [0.3, 0.4) is 0 Å². The second-order valence-electron chi connectivity index (χ2n) is 5.87. The second-order valence-corrected chi connectivity index (χ2v) is 7.52. The van der Waals surface area contributed by atoms with E-state index in [0.717, 1.165) is 5.56 Å². The van der Waals surface area contributed by atoms with Gasteiger partial charge in [-0.2, -0.15) is 5.26 Å². The normalized spacial score (nSPS) is 11.7. The van der Waals surface area contributed by atoms with E-state index in [9.17, 15) is 17.2 Å². The van der Waals surface area contributed by atoms with Crippen LogP contribution in [0.5, 0.6) is 0 Å². The predicted molar refractivity (Wildman–Crippen MR) is 99.1 cm³/mol. The molecule has 0 unspecified atom stereocenters. The molecule has 7 nitrogen and oxygen atoms in total. The lowest BCUT2D eigenvalue weighted by molar-refractivity contribution is 0.148. The molecule has 0 aliphatic carbocycles. The lowest BCUT2D eigenvalue weighted by Gasteiger charge is -2.09. The van der Waals surface area contributed by atoms with E-state index in [2.05, 4.69) is 19.7 Å². The van der Waals surface area contributed by atoms with E-state index in [1.165, 1.54) is 19.3 Å². The molecule has 0 saturated carbocycles. The highest BCUT2D eigenvalue weighted by Gasteiger charge is 2.21. The minimum Gasteiger partial charge on any atom is -0.360 e. The Morgan fingerprint density at radius 3 is 2.85 bits per heavy atom. The Labute approximate surface area is 157 Å². The Bertz CT molecular complexity index is 1150. The molecule has 0 spiro atoms. The fraction of sp³-hybridized carbons (Fsp3) is 0.235. The number of sulfonamides is 1. The molecule has 27 heavy (non-hydrogen) atoms. The molecular formula is C17H19F2N5O2S. The van der Waals surface area contributed by atoms with Crippen molar-refractivity contribution in [3.8, 4) is 6.07 Å². The molecule has 0 atom stereocenters. The molecule has 144 valence electrons. The number of H-pyrrole nitrogens is 1. The van der Waals surface area contributed by atoms with Gasteiger partial charge in [0.15, 0.2) is 0 Å². The first-order valence-electron chi connectivity index (χ1n) is 7.90. The van der Waals surface area contributed by atoms with E-state index >= 15 is 0 Å². The van der Waals surface area contributed by atoms with E-state index in [1.54, 1.807) is 18.2 Å². The van der Waals surface area contributed by atoms with E-state index < -0.39 is 22.9 Å². The highest BCUT2D eigenvalue weighted by molar-refractivity contribution is 7.93. The minimum absolute atomic E-state index is 0. The summed E-state index contributed by atoms with van der Waals surface area (Å²) in [6.45, 7) is 1.51. The summed E-state index contributed by atoms with van der Waals surface area (Å²) < 4.78 is 52.6. The number of aromatic nitrogens is 3. The maximum absolute atomic E-state index is 12.7. The average Bonchev–Trinajstić information content (AvgIpc) is 3.01. The molecular weight excluding hydrogens is 376 g/mol. The summed E-state index contributed by atoms with van der Waals surface area (Å²) in [6.07, 6.45) is -0.289. The van der Waals surface area contributed by atoms with Gasteiger partial charge in [-0.25, -0.2) is 31.9 Å². The molecule has 2 aromatic heterocycles. The van der Waals surface area contributed by atoms with Crippen molar-refractivity contribution in [1.82, 2.24) is 15.0 Å². The van der Waals surface area contributed by atoms with Crippen LogP contribution in [0, 0.1) is 18.3 Å². The van der Waals surface area contributed by atoms with E-state index in [4.69, 9.17) is 5.26 Å². The summed E-state index contributed by atoms with van der Waals surface area (Å²) in [5.41, 5.74) is 1.87. The van der Waals surface area contributed by atoms with Crippen molar-refractivity contribution in [2.24, 2.45) is 0 Å². The van der Waals surface area contributed by atoms with Crippen molar-refractivity contribution in [2.75, 3.05) is 4.72 Å². The Balaban J connectivity index is 0.00000210. The molecule has 2 N–H and O–H groups in total. The monoisotopic (exact) mass is 395 g/mol. The van der Waals surface area contributed by atoms with Crippen LogP contribution in [0.15, 0.2) is 35.5 Å². The third-order valence-electron chi connectivity index (χ3n) is 3.96. The average molecular weight is 395 g/mol. The van der Waals surface area contributed by atoms with Crippen LogP contribution in [0.2, 0.25) is 0 Å². The van der Waals surface area contributed by atoms with Crippen LogP contribution in [-0.2, 0) is 22.9 Å². The summed E-state index contributed by atoms with van der Waals surface area (Å²) >= 11 is 0. The van der Waals surface area contributed by atoms with Gasteiger partial charge >= 0.3 is 0 Å². The van der Waals surface area contributed by atoms with Gasteiger partial charge < -0.3 is 4.98 Å². The standard InChI is InChI=1S/C17H15F2N5O2S.2H2/c1-10-12(7-16(18)19)8-22-17(23-10)24-27(25,26)15-9-21-14-6-11(4-5-20)2-3-13(14)15;;/h2-3,6,8-9,16,21H,4,7H2,1H3,(H,22,23,24);2*1H. The highest BCUT2D eigenvalue weighted by Crippen LogP contribution is 2.25. The number of nitrogens with zero attached hydrogens (tertiary/aromatic N) is 3. The SMILES string of the molecule is Cc1nc(NS(=O)(=O)c2c[nH]c3cc(CC#N)ccc23)ncc1CC(F)F.[HH].[HH]. The summed E-state index contributed by atoms with van der Waals surface area (Å²) in [5, 5.41) is 9.21. The van der Waals surface area contributed by atoms with Crippen molar-refractivity contribution >= 4 is 26.9 Å². The number of nitrogens with one attached hydrogen (secondary N) is 2. The number of alkyl halides is 2. The van der Waals surface area contributed by atoms with Crippen molar-refractivity contribution in [2.45, 2.75) is 31.1 Å². The van der Waals surface area contributed by atoms with Crippen LogP contribution in [0.25, 0.3) is 10.9 Å². The Morgan fingerprint density at radius 2 is 2.19 bits per heavy atom. The molecule has 2 heterocycles. The van der Waals surface area contributed by atoms with E-state index in [1.807, 2.05) is 6.07 Å². The lowest BCUT2D eigenvalue weighted by atomic mass is 10.1. The summed E-state index contributed by atoms with van der Waals surface area (Å²) in [5.74, 6) is -0.194. The molecule has 0 radical (unpaired) electrons. The maximum Gasteiger partial charge on any atom is 0.266 e. The first-order chi connectivity index (χ1) is 12.8. The van der Waals surface area contributed by atoms with Gasteiger partial charge in [-0.1, -0.05) is 12.1 Å². The van der Waals surface area contributed by atoms with Gasteiger partial charge in [0.2, 0.25) is 12.4 Å². The quantitative estimate of drug-likeness (QED) is 0.664. The molecule has 0 amide bonds. The lowest BCUT2D eigenvalue weighted by Crippen LogP contribution is -2.15. The largest absolute Gasteiger partial charge is 0.360 e. The van der Waals surface area contributed by atoms with Gasteiger partial charge in [0.25, 0.3) is 10.0 Å². The number of aryl methyl sites for hydroxylation is 1. The fourth-order valence-corrected chi connectivity index (χ4v) is 3.78. The van der Waals surface area contributed by atoms with E-state index in [0.29, 0.717) is 10.9 Å². The number of aromatic amines is 1. The zero-order valence-corrected chi connectivity index (χ0v) is 15.0. The van der Waals surface area contributed by atoms with E-state index in [-0.39, 0.29) is 31.4 Å². The fourth-order valence-electron chi connectivity index (χ4n) is 2.65. The predicted octanol–water partition coefficient (Wildman–Crippen LogP) is 3.43. The Hall–Kier alpha value is -3.06. The van der Waals surface area contributed by atoms with Crippen LogP contribution in [-0.4, -0.2) is 29.8 Å². The number of halogens is 2. The first kappa shape index (κ1) is 18.7. The van der Waals surface area contributed by atoms with Crippen LogP contribution >= 0.6 is 0 Å². The van der Waals surface area contributed by atoms with Gasteiger partial charge in [0.1, 0.15) is 4.90 Å². The zero-order chi connectivity index (χ0) is 19.6. The van der Waals surface area contributed by atoms with Crippen molar-refractivity contribution in [3.05, 3.63) is 47.4 Å². The molecule has 0 saturated heterocycles. The Morgan fingerprint density at radius 1 is 1.41 bits per heavy atom. The number of nitriles is 1. The third kappa shape index (κ3) is 4.03. The van der Waals surface area contributed by atoms with Crippen LogP contribution in [0.1, 0.15) is 19.7 Å². The van der Waals surface area contributed by atoms with Gasteiger partial charge in [0, 0.05) is 38.3 Å². The molecule has 0 aliphatic heterocycles. The van der Waals surface area contributed by atoms with Crippen molar-refractivity contribution in [3.63, 3.8) is 0 Å². The number of anilines is 1. The summed E-state index contributed by atoms with van der Waals surface area (Å²) in [6, 6.07) is 7.03. The number of benzene rings is 1. The smallest absolute Gasteiger partial charge is 0.266 e. The van der Waals surface area contributed by atoms with Gasteiger partial charge in [-0.05, 0) is 24.1 Å². The molecule has 3 rings (SSSR count). The van der Waals surface area contributed by atoms with Crippen molar-refractivity contribution in [1.29, 1.82) is 5.26 Å². The number of hydrogen-bond donors (Lipinski definition) is 2. The topological polar surface area (TPSA) is 112 Å². The molecule has 10 heteroatoms. The van der Waals surface area contributed by atoms with Crippen molar-refractivity contribution < 1.29 is 20.1 Å². The van der Waals surface area contributed by atoms with Gasteiger partial charge in [0.05, 0.1) is 12.5 Å². The number of hydrogen-bond acceptors (Lipinski definition) is 5. The molecule has 0 bridgehead atoms. The second kappa shape index (κ2) is 7.28. The number of rotatable bonds is 6. The van der Waals surface area contributed by atoms with Crippen LogP contribution in [0.4, 0.5) is 14.7 Å². The van der Waals surface area contributed by atoms with Gasteiger partial charge in [-0.3, -0.25) is 0 Å². The minimum atomic E-state index is -3.99. The third-order valence-corrected chi connectivity index (χ3v) is 5.33. The molecule has 0 fully saturated rings. The zero-order valence-electron chi connectivity index (χ0n) is 14.2. The number of fused-ring (bicyclic) bond motifs is 1. The van der Waals surface area contributed by atoms with Crippen LogP contribution < -0.4 is 4.72 Å². The molecule has 1 aromatic carbocycles. The highest BCUT2D eigenvalue weighted by atomic mass is 32.2. The first-order valence-corrected chi connectivity index (χ1v) is 9.39. The molecule has 3 aromatic rings. The summed E-state index contributed by atoms with van der Waals surface area (Å²) in [7, 11) is -3.99. The summed E-state index contributed by atoms with van der Waals surface area (Å²) in [4.78, 5) is 10.7. The maximum atomic E-state index is 12.7. The Kier molecular flexibility index (Phi) is 5.05. The van der Waals surface area contributed by atoms with Gasteiger partial charge in [-0.15, -0.1) is 0 Å². The molecule has 0 aliphatic rings.